The molecule has 1 saturated heterocycles. The Bertz CT molecular complexity index is 413. The minimum absolute atomic E-state index is 0.248. The largest absolute Gasteiger partial charge is 0.394 e. The van der Waals surface area contributed by atoms with Gasteiger partial charge in [0, 0.05) is 6.42 Å². The van der Waals surface area contributed by atoms with E-state index in [2.05, 4.69) is 12.6 Å². The summed E-state index contributed by atoms with van der Waals surface area (Å²) < 4.78 is 5.48. The van der Waals surface area contributed by atoms with E-state index in [1.54, 1.807) is 0 Å². The van der Waals surface area contributed by atoms with Crippen LogP contribution in [0.15, 0.2) is 30.3 Å². The van der Waals surface area contributed by atoms with Crippen LogP contribution in [0.1, 0.15) is 5.56 Å². The van der Waals surface area contributed by atoms with Crippen LogP contribution in [-0.4, -0.2) is 56.4 Å². The minimum Gasteiger partial charge on any atom is -0.394 e. The van der Waals surface area contributed by atoms with Crippen molar-refractivity contribution >= 4 is 12.6 Å². The SMILES string of the molecule is OC[C@H]1O[C@](S)(Cc2ccccc2)[C@H](O)[C@@H](O)[C@@H]1O. The van der Waals surface area contributed by atoms with E-state index >= 15 is 0 Å². The number of aliphatic hydroxyl groups excluding tert-OH is 4. The molecule has 0 spiro atoms. The van der Waals surface area contributed by atoms with Gasteiger partial charge < -0.3 is 25.2 Å². The summed E-state index contributed by atoms with van der Waals surface area (Å²) >= 11 is 4.32. The predicted octanol–water partition coefficient (Wildman–Crippen LogP) is -0.671. The third kappa shape index (κ3) is 2.94. The molecule has 19 heavy (non-hydrogen) atoms. The van der Waals surface area contributed by atoms with Crippen molar-refractivity contribution in [2.24, 2.45) is 0 Å². The van der Waals surface area contributed by atoms with Gasteiger partial charge in [0.25, 0.3) is 0 Å². The third-order valence-corrected chi connectivity index (χ3v) is 3.88. The Labute approximate surface area is 116 Å². The number of benzene rings is 1. The van der Waals surface area contributed by atoms with Crippen LogP contribution in [0.2, 0.25) is 0 Å². The fourth-order valence-electron chi connectivity index (χ4n) is 2.25. The van der Waals surface area contributed by atoms with Crippen molar-refractivity contribution in [3.05, 3.63) is 35.9 Å². The van der Waals surface area contributed by atoms with E-state index in [-0.39, 0.29) is 6.42 Å². The number of hydrogen-bond donors (Lipinski definition) is 5. The number of thiol groups is 1. The minimum atomic E-state index is -1.41. The highest BCUT2D eigenvalue weighted by Gasteiger charge is 2.51. The smallest absolute Gasteiger partial charge is 0.144 e. The molecule has 1 aromatic carbocycles. The van der Waals surface area contributed by atoms with Gasteiger partial charge in [-0.15, -0.1) is 12.6 Å². The molecule has 1 heterocycles. The van der Waals surface area contributed by atoms with Crippen LogP contribution < -0.4 is 0 Å². The summed E-state index contributed by atoms with van der Waals surface area (Å²) in [5.41, 5.74) is 0.872. The summed E-state index contributed by atoms with van der Waals surface area (Å²) in [7, 11) is 0. The van der Waals surface area contributed by atoms with Gasteiger partial charge in [-0.05, 0) is 5.56 Å². The summed E-state index contributed by atoms with van der Waals surface area (Å²) in [5.74, 6) is 0. The second-order valence-electron chi connectivity index (χ2n) is 4.77. The van der Waals surface area contributed by atoms with Crippen LogP contribution in [0.5, 0.6) is 0 Å². The first-order valence-corrected chi connectivity index (χ1v) is 6.52. The van der Waals surface area contributed by atoms with Crippen LogP contribution in [0.4, 0.5) is 0 Å². The molecule has 2 rings (SSSR count). The van der Waals surface area contributed by atoms with Crippen molar-refractivity contribution in [2.75, 3.05) is 6.61 Å². The Kier molecular flexibility index (Phi) is 4.50. The van der Waals surface area contributed by atoms with Gasteiger partial charge in [0.05, 0.1) is 6.61 Å². The van der Waals surface area contributed by atoms with Crippen molar-refractivity contribution < 1.29 is 25.2 Å². The van der Waals surface area contributed by atoms with Gasteiger partial charge in [-0.1, -0.05) is 30.3 Å². The molecule has 6 heteroatoms. The topological polar surface area (TPSA) is 90.2 Å². The molecule has 1 aromatic rings. The second-order valence-corrected chi connectivity index (χ2v) is 5.53. The zero-order valence-corrected chi connectivity index (χ0v) is 11.1. The van der Waals surface area contributed by atoms with Crippen molar-refractivity contribution in [1.82, 2.24) is 0 Å². The quantitative estimate of drug-likeness (QED) is 0.476. The van der Waals surface area contributed by atoms with Crippen LogP contribution in [0.25, 0.3) is 0 Å². The Morgan fingerprint density at radius 2 is 1.74 bits per heavy atom. The molecule has 0 saturated carbocycles. The summed E-state index contributed by atoms with van der Waals surface area (Å²) in [5, 5.41) is 38.7. The monoisotopic (exact) mass is 286 g/mol. The molecule has 0 bridgehead atoms. The van der Waals surface area contributed by atoms with Gasteiger partial charge in [0.15, 0.2) is 0 Å². The maximum absolute atomic E-state index is 10.0. The molecule has 0 aromatic heterocycles. The highest BCUT2D eigenvalue weighted by Crippen LogP contribution is 2.35. The van der Waals surface area contributed by atoms with Gasteiger partial charge in [0.1, 0.15) is 29.3 Å². The first kappa shape index (κ1) is 14.8. The van der Waals surface area contributed by atoms with Crippen LogP contribution >= 0.6 is 12.6 Å². The van der Waals surface area contributed by atoms with E-state index in [1.165, 1.54) is 0 Å². The van der Waals surface area contributed by atoms with Crippen molar-refractivity contribution in [3.63, 3.8) is 0 Å². The molecule has 1 fully saturated rings. The molecule has 4 N–H and O–H groups in total. The Balaban J connectivity index is 2.21. The van der Waals surface area contributed by atoms with Crippen molar-refractivity contribution in [1.29, 1.82) is 0 Å². The Morgan fingerprint density at radius 1 is 1.11 bits per heavy atom. The summed E-state index contributed by atoms with van der Waals surface area (Å²) in [6, 6.07) is 9.24. The number of rotatable bonds is 3. The van der Waals surface area contributed by atoms with Gasteiger partial charge >= 0.3 is 0 Å². The molecule has 106 valence electrons. The number of aliphatic hydroxyl groups is 4. The van der Waals surface area contributed by atoms with E-state index in [9.17, 15) is 15.3 Å². The average Bonchev–Trinajstić information content (AvgIpc) is 2.42. The van der Waals surface area contributed by atoms with E-state index in [0.717, 1.165) is 5.56 Å². The molecular weight excluding hydrogens is 268 g/mol. The maximum Gasteiger partial charge on any atom is 0.144 e. The fourth-order valence-corrected chi connectivity index (χ4v) is 2.73. The molecule has 1 aliphatic heterocycles. The van der Waals surface area contributed by atoms with E-state index < -0.39 is 36.0 Å². The van der Waals surface area contributed by atoms with Gasteiger partial charge in [-0.25, -0.2) is 0 Å². The fraction of sp³-hybridized carbons (Fsp3) is 0.538. The molecule has 0 unspecified atom stereocenters. The van der Waals surface area contributed by atoms with Gasteiger partial charge in [-0.3, -0.25) is 0 Å². The van der Waals surface area contributed by atoms with Crippen molar-refractivity contribution in [2.45, 2.75) is 35.8 Å². The van der Waals surface area contributed by atoms with Crippen molar-refractivity contribution in [3.8, 4) is 0 Å². The molecule has 0 radical (unpaired) electrons. The molecule has 0 aliphatic carbocycles. The van der Waals surface area contributed by atoms with E-state index in [1.807, 2.05) is 30.3 Å². The highest BCUT2D eigenvalue weighted by molar-refractivity contribution is 7.81. The molecule has 0 amide bonds. The number of hydrogen-bond acceptors (Lipinski definition) is 6. The van der Waals surface area contributed by atoms with E-state index in [4.69, 9.17) is 9.84 Å². The molecule has 5 nitrogen and oxygen atoms in total. The summed E-state index contributed by atoms with van der Waals surface area (Å²) in [6.07, 6.45) is -4.82. The lowest BCUT2D eigenvalue weighted by Crippen LogP contribution is -2.63. The van der Waals surface area contributed by atoms with E-state index in [0.29, 0.717) is 0 Å². The normalized spacial score (nSPS) is 39.2. The van der Waals surface area contributed by atoms with Crippen LogP contribution in [0, 0.1) is 0 Å². The zero-order valence-electron chi connectivity index (χ0n) is 10.3. The van der Waals surface area contributed by atoms with Gasteiger partial charge in [-0.2, -0.15) is 0 Å². The first-order valence-electron chi connectivity index (χ1n) is 6.07. The number of ether oxygens (including phenoxy) is 1. The Morgan fingerprint density at radius 3 is 2.32 bits per heavy atom. The predicted molar refractivity (Wildman–Crippen MR) is 71.8 cm³/mol. The average molecular weight is 286 g/mol. The third-order valence-electron chi connectivity index (χ3n) is 3.35. The molecule has 1 aliphatic rings. The maximum atomic E-state index is 10.0. The standard InChI is InChI=1S/C13H18O5S/c14-7-9-10(15)11(16)12(17)13(19,18-9)6-8-4-2-1-3-5-8/h1-5,9-12,14-17,19H,6-7H2/t9-,10-,11+,12-,13+/m1/s1. The van der Waals surface area contributed by atoms with Crippen LogP contribution in [-0.2, 0) is 11.2 Å². The Hall–Kier alpha value is -0.630. The van der Waals surface area contributed by atoms with Crippen LogP contribution in [0.3, 0.4) is 0 Å². The lowest BCUT2D eigenvalue weighted by molar-refractivity contribution is -0.240. The van der Waals surface area contributed by atoms with Gasteiger partial charge in [0.2, 0.25) is 0 Å². The molecular formula is C13H18O5S. The zero-order chi connectivity index (χ0) is 14.0. The first-order chi connectivity index (χ1) is 8.98. The second kappa shape index (κ2) is 5.78. The highest BCUT2D eigenvalue weighted by atomic mass is 32.1. The summed E-state index contributed by atoms with van der Waals surface area (Å²) in [6.45, 7) is -0.456. The lowest BCUT2D eigenvalue weighted by Gasteiger charge is -2.46. The summed E-state index contributed by atoms with van der Waals surface area (Å²) in [4.78, 5) is -1.35. The molecule has 5 atom stereocenters. The lowest BCUT2D eigenvalue weighted by atomic mass is 9.91.